The molecule has 0 aromatic heterocycles. The lowest BCUT2D eigenvalue weighted by atomic mass is 10.1. The van der Waals surface area contributed by atoms with Gasteiger partial charge in [0.15, 0.2) is 6.67 Å². The Morgan fingerprint density at radius 2 is 1.14 bits per heavy atom. The average molecular weight is 410 g/mol. The Kier molecular flexibility index (Phi) is 15.6. The first-order valence-electron chi connectivity index (χ1n) is 13.3. The van der Waals surface area contributed by atoms with Crippen LogP contribution in [0, 0.1) is 0 Å². The molecular weight excluding hydrogens is 356 g/mol. The molecule has 0 aromatic rings. The fourth-order valence-corrected chi connectivity index (χ4v) is 4.84. The van der Waals surface area contributed by atoms with Crippen LogP contribution in [0.25, 0.3) is 0 Å². The highest BCUT2D eigenvalue weighted by Gasteiger charge is 2.31. The summed E-state index contributed by atoms with van der Waals surface area (Å²) in [7, 11) is 0. The maximum atomic E-state index is 12.5. The van der Waals surface area contributed by atoms with Crippen molar-refractivity contribution < 1.29 is 9.28 Å². The van der Waals surface area contributed by atoms with Crippen molar-refractivity contribution in [2.45, 2.75) is 130 Å². The lowest BCUT2D eigenvalue weighted by molar-refractivity contribution is -0.936. The number of amides is 1. The van der Waals surface area contributed by atoms with Crippen LogP contribution in [0.15, 0.2) is 0 Å². The summed E-state index contributed by atoms with van der Waals surface area (Å²) in [6.07, 6.45) is 22.2. The number of unbranched alkanes of at least 4 members (excludes halogenated alkanes) is 11. The number of quaternary nitrogens is 1. The number of nitrogens with zero attached hydrogens (tertiary/aromatic N) is 2. The van der Waals surface area contributed by atoms with Crippen molar-refractivity contribution in [2.75, 3.05) is 32.8 Å². The molecular formula is C26H53N2O+. The van der Waals surface area contributed by atoms with E-state index in [0.29, 0.717) is 5.91 Å². The fraction of sp³-hybridized carbons (Fsp3) is 0.962. The molecule has 0 spiro atoms. The summed E-state index contributed by atoms with van der Waals surface area (Å²) >= 11 is 0. The van der Waals surface area contributed by atoms with Gasteiger partial charge < -0.3 is 4.48 Å². The second kappa shape index (κ2) is 17.1. The van der Waals surface area contributed by atoms with Crippen LogP contribution in [0.2, 0.25) is 0 Å². The molecule has 3 heteroatoms. The number of rotatable bonds is 19. The quantitative estimate of drug-likeness (QED) is 0.162. The van der Waals surface area contributed by atoms with Gasteiger partial charge in [-0.2, -0.15) is 0 Å². The molecule has 0 atom stereocenters. The van der Waals surface area contributed by atoms with Crippen molar-refractivity contribution in [3.8, 4) is 0 Å². The number of hydrogen-bond donors (Lipinski definition) is 0. The van der Waals surface area contributed by atoms with E-state index < -0.39 is 0 Å². The molecule has 0 N–H and O–H groups in total. The van der Waals surface area contributed by atoms with E-state index in [1.54, 1.807) is 0 Å². The van der Waals surface area contributed by atoms with Crippen molar-refractivity contribution in [1.82, 2.24) is 4.90 Å². The van der Waals surface area contributed by atoms with Crippen LogP contribution < -0.4 is 0 Å². The summed E-state index contributed by atoms with van der Waals surface area (Å²) < 4.78 is 1.17. The van der Waals surface area contributed by atoms with Crippen molar-refractivity contribution in [3.63, 3.8) is 0 Å². The van der Waals surface area contributed by atoms with Gasteiger partial charge >= 0.3 is 0 Å². The maximum absolute atomic E-state index is 12.5. The number of carbonyl (C=O) groups excluding carboxylic acids is 1. The smallest absolute Gasteiger partial charge is 0.226 e. The molecule has 1 saturated heterocycles. The monoisotopic (exact) mass is 409 g/mol. The van der Waals surface area contributed by atoms with Crippen LogP contribution >= 0.6 is 0 Å². The van der Waals surface area contributed by atoms with Crippen LogP contribution in [-0.2, 0) is 4.79 Å². The highest BCUT2D eigenvalue weighted by atomic mass is 16.2. The summed E-state index contributed by atoms with van der Waals surface area (Å²) in [6.45, 7) is 12.7. The zero-order valence-electron chi connectivity index (χ0n) is 20.4. The van der Waals surface area contributed by atoms with E-state index in [1.165, 1.54) is 120 Å². The zero-order chi connectivity index (χ0) is 21.2. The number of piperidine rings is 1. The van der Waals surface area contributed by atoms with Gasteiger partial charge in [-0.15, -0.1) is 0 Å². The van der Waals surface area contributed by atoms with Gasteiger partial charge in [0, 0.05) is 13.0 Å². The molecule has 1 fully saturated rings. The highest BCUT2D eigenvalue weighted by molar-refractivity contribution is 5.76. The van der Waals surface area contributed by atoms with Gasteiger partial charge in [0.05, 0.1) is 19.6 Å². The molecule has 1 aliphatic heterocycles. The molecule has 1 aliphatic rings. The van der Waals surface area contributed by atoms with Gasteiger partial charge in [0.1, 0.15) is 0 Å². The van der Waals surface area contributed by atoms with Gasteiger partial charge in [0.2, 0.25) is 5.91 Å². The lowest BCUT2D eigenvalue weighted by Crippen LogP contribution is -2.57. The Morgan fingerprint density at radius 3 is 1.66 bits per heavy atom. The van der Waals surface area contributed by atoms with Gasteiger partial charge in [-0.1, -0.05) is 85.0 Å². The predicted octanol–water partition coefficient (Wildman–Crippen LogP) is 7.29. The second-order valence-corrected chi connectivity index (χ2v) is 9.66. The Labute approximate surface area is 183 Å². The first kappa shape index (κ1) is 26.5. The van der Waals surface area contributed by atoms with E-state index >= 15 is 0 Å². The van der Waals surface area contributed by atoms with Crippen molar-refractivity contribution >= 4 is 5.91 Å². The number of likely N-dealkylation sites (tertiary alicyclic amines) is 1. The van der Waals surface area contributed by atoms with E-state index in [0.717, 1.165) is 26.1 Å². The molecule has 0 radical (unpaired) electrons. The Bertz CT molecular complexity index is 388. The summed E-state index contributed by atoms with van der Waals surface area (Å²) in [6, 6.07) is 0. The molecule has 0 unspecified atom stereocenters. The van der Waals surface area contributed by atoms with Gasteiger partial charge in [-0.05, 0) is 38.5 Å². The first-order valence-corrected chi connectivity index (χ1v) is 13.3. The topological polar surface area (TPSA) is 20.3 Å². The molecule has 0 bridgehead atoms. The molecule has 29 heavy (non-hydrogen) atoms. The Balaban J connectivity index is 2.44. The number of hydrogen-bond acceptors (Lipinski definition) is 1. The third-order valence-corrected chi connectivity index (χ3v) is 6.85. The van der Waals surface area contributed by atoms with E-state index in [4.69, 9.17) is 0 Å². The summed E-state index contributed by atoms with van der Waals surface area (Å²) in [5.74, 6) is 0.412. The van der Waals surface area contributed by atoms with E-state index in [9.17, 15) is 4.79 Å². The van der Waals surface area contributed by atoms with Crippen molar-refractivity contribution in [3.05, 3.63) is 0 Å². The van der Waals surface area contributed by atoms with Crippen molar-refractivity contribution in [1.29, 1.82) is 0 Å². The third-order valence-electron chi connectivity index (χ3n) is 6.85. The third kappa shape index (κ3) is 12.0. The largest absolute Gasteiger partial charge is 0.306 e. The minimum atomic E-state index is 0.412. The first-order chi connectivity index (χ1) is 14.2. The van der Waals surface area contributed by atoms with E-state index in [-0.39, 0.29) is 0 Å². The number of carbonyl (C=O) groups is 1. The molecule has 1 heterocycles. The summed E-state index contributed by atoms with van der Waals surface area (Å²) in [4.78, 5) is 14.7. The molecule has 3 nitrogen and oxygen atoms in total. The molecule has 0 aromatic carbocycles. The molecule has 1 rings (SSSR count). The SMILES string of the molecule is CCCCCCCCCCCC[N+](CCCC)(CCCC)CN1CCCCC1=O. The maximum Gasteiger partial charge on any atom is 0.226 e. The van der Waals surface area contributed by atoms with E-state index in [2.05, 4.69) is 25.7 Å². The van der Waals surface area contributed by atoms with Gasteiger partial charge in [-0.3, -0.25) is 9.69 Å². The molecule has 172 valence electrons. The van der Waals surface area contributed by atoms with Crippen LogP contribution in [0.5, 0.6) is 0 Å². The molecule has 1 amide bonds. The predicted molar refractivity (Wildman–Crippen MR) is 127 cm³/mol. The van der Waals surface area contributed by atoms with Crippen molar-refractivity contribution in [2.24, 2.45) is 0 Å². The molecule has 0 saturated carbocycles. The second-order valence-electron chi connectivity index (χ2n) is 9.66. The standard InChI is InChI=1S/C26H53N2O/c1-4-7-10-11-12-13-14-15-16-19-24-28(22-8-5-2,23-9-6-3)25-27-21-18-17-20-26(27)29/h4-25H2,1-3H3/q+1. The van der Waals surface area contributed by atoms with Crippen LogP contribution in [0.4, 0.5) is 0 Å². The minimum Gasteiger partial charge on any atom is -0.306 e. The normalized spacial score (nSPS) is 15.3. The van der Waals surface area contributed by atoms with Gasteiger partial charge in [0.25, 0.3) is 0 Å². The minimum absolute atomic E-state index is 0.412. The van der Waals surface area contributed by atoms with Crippen LogP contribution in [0.1, 0.15) is 130 Å². The Morgan fingerprint density at radius 1 is 0.655 bits per heavy atom. The summed E-state index contributed by atoms with van der Waals surface area (Å²) in [5, 5.41) is 0. The zero-order valence-corrected chi connectivity index (χ0v) is 20.4. The molecule has 0 aliphatic carbocycles. The Hall–Kier alpha value is -0.570. The average Bonchev–Trinajstić information content (AvgIpc) is 2.73. The van der Waals surface area contributed by atoms with Crippen LogP contribution in [0.3, 0.4) is 0 Å². The van der Waals surface area contributed by atoms with E-state index in [1.807, 2.05) is 0 Å². The summed E-state index contributed by atoms with van der Waals surface area (Å²) in [5.41, 5.74) is 0. The van der Waals surface area contributed by atoms with Gasteiger partial charge in [-0.25, -0.2) is 0 Å². The highest BCUT2D eigenvalue weighted by Crippen LogP contribution is 2.20. The fourth-order valence-electron chi connectivity index (χ4n) is 4.84. The van der Waals surface area contributed by atoms with Crippen LogP contribution in [-0.4, -0.2) is 48.1 Å². The lowest BCUT2D eigenvalue weighted by Gasteiger charge is -2.43.